The van der Waals surface area contributed by atoms with E-state index in [1.807, 2.05) is 13.8 Å². The molecular weight excluding hydrogens is 352 g/mol. The van der Waals surface area contributed by atoms with Gasteiger partial charge in [-0.2, -0.15) is 0 Å². The molecule has 2 aromatic rings. The van der Waals surface area contributed by atoms with Crippen molar-refractivity contribution in [3.05, 3.63) is 51.9 Å². The van der Waals surface area contributed by atoms with E-state index < -0.39 is 23.2 Å². The van der Waals surface area contributed by atoms with Crippen molar-refractivity contribution in [3.8, 4) is 0 Å². The van der Waals surface area contributed by atoms with Crippen molar-refractivity contribution in [1.29, 1.82) is 0 Å². The maximum atomic E-state index is 13.5. The summed E-state index contributed by atoms with van der Waals surface area (Å²) in [5.74, 6) is -2.53. The van der Waals surface area contributed by atoms with Crippen LogP contribution in [0.5, 0.6) is 0 Å². The highest BCUT2D eigenvalue weighted by molar-refractivity contribution is 7.99. The lowest BCUT2D eigenvalue weighted by Crippen LogP contribution is -2.17. The summed E-state index contributed by atoms with van der Waals surface area (Å²) in [6.45, 7) is 3.88. The minimum Gasteiger partial charge on any atom is -0.373 e. The molecule has 0 saturated carbocycles. The summed E-state index contributed by atoms with van der Waals surface area (Å²) in [7, 11) is 0. The Hall–Kier alpha value is -2.26. The SMILES string of the molecule is CC(C)OCc1cc(=O)[nH]c(SCC(=O)Nc2c(F)cccc2F)n1. The molecule has 1 aromatic carbocycles. The van der Waals surface area contributed by atoms with Gasteiger partial charge in [-0.1, -0.05) is 17.8 Å². The van der Waals surface area contributed by atoms with E-state index in [-0.39, 0.29) is 29.2 Å². The summed E-state index contributed by atoms with van der Waals surface area (Å²) in [6, 6.07) is 4.60. The van der Waals surface area contributed by atoms with Gasteiger partial charge in [0.1, 0.15) is 17.3 Å². The molecular formula is C16H17F2N3O3S. The number of anilines is 1. The van der Waals surface area contributed by atoms with Crippen molar-refractivity contribution in [1.82, 2.24) is 9.97 Å². The summed E-state index contributed by atoms with van der Waals surface area (Å²) in [5.41, 5.74) is -0.449. The van der Waals surface area contributed by atoms with E-state index in [0.29, 0.717) is 5.69 Å². The van der Waals surface area contributed by atoms with Gasteiger partial charge in [-0.3, -0.25) is 9.59 Å². The second-order valence-corrected chi connectivity index (χ2v) is 6.30. The molecule has 1 heterocycles. The number of H-pyrrole nitrogens is 1. The summed E-state index contributed by atoms with van der Waals surface area (Å²) in [5, 5.41) is 2.39. The van der Waals surface area contributed by atoms with E-state index in [0.717, 1.165) is 23.9 Å². The first-order valence-electron chi connectivity index (χ1n) is 7.43. The third-order valence-corrected chi connectivity index (χ3v) is 3.78. The van der Waals surface area contributed by atoms with Gasteiger partial charge in [0.25, 0.3) is 5.56 Å². The van der Waals surface area contributed by atoms with Gasteiger partial charge in [0.2, 0.25) is 5.91 Å². The molecule has 0 atom stereocenters. The zero-order valence-corrected chi connectivity index (χ0v) is 14.5. The van der Waals surface area contributed by atoms with Crippen molar-refractivity contribution in [3.63, 3.8) is 0 Å². The Kier molecular flexibility index (Phi) is 6.65. The Morgan fingerprint density at radius 3 is 2.68 bits per heavy atom. The highest BCUT2D eigenvalue weighted by atomic mass is 32.2. The lowest BCUT2D eigenvalue weighted by atomic mass is 10.3. The minimum absolute atomic E-state index is 0.0152. The zero-order chi connectivity index (χ0) is 18.4. The predicted octanol–water partition coefficient (Wildman–Crippen LogP) is 2.70. The smallest absolute Gasteiger partial charge is 0.251 e. The Morgan fingerprint density at radius 1 is 1.36 bits per heavy atom. The molecule has 6 nitrogen and oxygen atoms in total. The first-order valence-corrected chi connectivity index (χ1v) is 8.42. The van der Waals surface area contributed by atoms with Crippen LogP contribution in [0.1, 0.15) is 19.5 Å². The Balaban J connectivity index is 1.98. The molecule has 134 valence electrons. The highest BCUT2D eigenvalue weighted by Gasteiger charge is 2.13. The molecule has 0 aliphatic heterocycles. The van der Waals surface area contributed by atoms with Gasteiger partial charge in [-0.15, -0.1) is 0 Å². The van der Waals surface area contributed by atoms with Gasteiger partial charge in [0.05, 0.1) is 24.2 Å². The largest absolute Gasteiger partial charge is 0.373 e. The number of para-hydroxylation sites is 1. The predicted molar refractivity (Wildman–Crippen MR) is 90.5 cm³/mol. The molecule has 9 heteroatoms. The number of thioether (sulfide) groups is 1. The molecule has 0 unspecified atom stereocenters. The van der Waals surface area contributed by atoms with Crippen LogP contribution in [0.4, 0.5) is 14.5 Å². The molecule has 0 fully saturated rings. The van der Waals surface area contributed by atoms with E-state index in [9.17, 15) is 18.4 Å². The van der Waals surface area contributed by atoms with Crippen LogP contribution >= 0.6 is 11.8 Å². The van der Waals surface area contributed by atoms with E-state index in [2.05, 4.69) is 15.3 Å². The molecule has 1 aromatic heterocycles. The van der Waals surface area contributed by atoms with Crippen molar-refractivity contribution >= 4 is 23.4 Å². The lowest BCUT2D eigenvalue weighted by molar-refractivity contribution is -0.113. The molecule has 0 bridgehead atoms. The fourth-order valence-corrected chi connectivity index (χ4v) is 2.50. The van der Waals surface area contributed by atoms with Crippen molar-refractivity contribution in [2.24, 2.45) is 0 Å². The molecule has 0 aliphatic carbocycles. The number of halogens is 2. The second-order valence-electron chi connectivity index (χ2n) is 5.34. The molecule has 0 radical (unpaired) electrons. The van der Waals surface area contributed by atoms with Gasteiger partial charge in [0, 0.05) is 6.07 Å². The zero-order valence-electron chi connectivity index (χ0n) is 13.6. The Bertz CT molecular complexity index is 791. The van der Waals surface area contributed by atoms with Crippen molar-refractivity contribution < 1.29 is 18.3 Å². The number of ether oxygens (including phenoxy) is 1. The van der Waals surface area contributed by atoms with E-state index in [1.54, 1.807) is 0 Å². The monoisotopic (exact) mass is 369 g/mol. The topological polar surface area (TPSA) is 84.1 Å². The molecule has 2 N–H and O–H groups in total. The van der Waals surface area contributed by atoms with E-state index in [1.165, 1.54) is 12.1 Å². The number of carbonyl (C=O) groups excluding carboxylic acids is 1. The third kappa shape index (κ3) is 5.95. The lowest BCUT2D eigenvalue weighted by Gasteiger charge is -2.09. The molecule has 0 saturated heterocycles. The summed E-state index contributed by atoms with van der Waals surface area (Å²) in [6.07, 6.45) is -0.0152. The number of amides is 1. The van der Waals surface area contributed by atoms with Gasteiger partial charge in [-0.25, -0.2) is 13.8 Å². The number of nitrogens with zero attached hydrogens (tertiary/aromatic N) is 1. The molecule has 2 rings (SSSR count). The van der Waals surface area contributed by atoms with Crippen LogP contribution in [-0.4, -0.2) is 27.7 Å². The first kappa shape index (κ1) is 19.1. The average molecular weight is 369 g/mol. The molecule has 25 heavy (non-hydrogen) atoms. The van der Waals surface area contributed by atoms with Crippen LogP contribution < -0.4 is 10.9 Å². The number of aromatic amines is 1. The Labute approximate surface area is 147 Å². The standard InChI is InChI=1S/C16H17F2N3O3S/c1-9(2)24-7-10-6-13(22)21-16(19-10)25-8-14(23)20-15-11(17)4-3-5-12(15)18/h3-6,9H,7-8H2,1-2H3,(H,20,23)(H,19,21,22). The van der Waals surface area contributed by atoms with Crippen LogP contribution in [0.15, 0.2) is 34.2 Å². The van der Waals surface area contributed by atoms with Gasteiger partial charge in [-0.05, 0) is 26.0 Å². The van der Waals surface area contributed by atoms with Crippen LogP contribution in [0.25, 0.3) is 0 Å². The van der Waals surface area contributed by atoms with Gasteiger partial charge >= 0.3 is 0 Å². The fourth-order valence-electron chi connectivity index (χ4n) is 1.80. The number of nitrogens with one attached hydrogen (secondary N) is 2. The Morgan fingerprint density at radius 2 is 2.04 bits per heavy atom. The van der Waals surface area contributed by atoms with Crippen LogP contribution in [0, 0.1) is 11.6 Å². The first-order chi connectivity index (χ1) is 11.8. The van der Waals surface area contributed by atoms with Crippen LogP contribution in [-0.2, 0) is 16.1 Å². The second kappa shape index (κ2) is 8.72. The van der Waals surface area contributed by atoms with Gasteiger partial charge in [0.15, 0.2) is 5.16 Å². The van der Waals surface area contributed by atoms with Gasteiger partial charge < -0.3 is 15.0 Å². The van der Waals surface area contributed by atoms with Crippen LogP contribution in [0.2, 0.25) is 0 Å². The molecule has 0 spiro atoms. The third-order valence-electron chi connectivity index (χ3n) is 2.90. The maximum absolute atomic E-state index is 13.5. The fraction of sp³-hybridized carbons (Fsp3) is 0.312. The average Bonchev–Trinajstić information content (AvgIpc) is 2.54. The normalized spacial score (nSPS) is 10.9. The minimum atomic E-state index is -0.863. The van der Waals surface area contributed by atoms with Crippen molar-refractivity contribution in [2.45, 2.75) is 31.7 Å². The highest BCUT2D eigenvalue weighted by Crippen LogP contribution is 2.19. The molecule has 0 aliphatic rings. The summed E-state index contributed by atoms with van der Waals surface area (Å²) >= 11 is 0.943. The number of hydrogen-bond donors (Lipinski definition) is 2. The van der Waals surface area contributed by atoms with E-state index in [4.69, 9.17) is 4.74 Å². The quantitative estimate of drug-likeness (QED) is 0.579. The van der Waals surface area contributed by atoms with E-state index >= 15 is 0 Å². The van der Waals surface area contributed by atoms with Crippen molar-refractivity contribution in [2.75, 3.05) is 11.1 Å². The van der Waals surface area contributed by atoms with Crippen LogP contribution in [0.3, 0.4) is 0 Å². The number of rotatable bonds is 7. The number of hydrogen-bond acceptors (Lipinski definition) is 5. The molecule has 1 amide bonds. The number of carbonyl (C=O) groups is 1. The number of benzene rings is 1. The maximum Gasteiger partial charge on any atom is 0.251 e. The number of aromatic nitrogens is 2. The summed E-state index contributed by atoms with van der Waals surface area (Å²) in [4.78, 5) is 30.1. The summed E-state index contributed by atoms with van der Waals surface area (Å²) < 4.78 is 32.4.